The molecule has 6 nitrogen and oxygen atoms in total. The van der Waals surface area contributed by atoms with Gasteiger partial charge in [0.25, 0.3) is 0 Å². The SMILES string of the molecule is CCOc1ccc(C(C)=O)cc1COC(=O)C=Cc1c(C)nn(Cc2ccccc2Cl)c1Cl. The largest absolute Gasteiger partial charge is 0.493 e. The number of esters is 1. The molecule has 33 heavy (non-hydrogen) atoms. The monoisotopic (exact) mass is 486 g/mol. The van der Waals surface area contributed by atoms with Gasteiger partial charge >= 0.3 is 5.97 Å². The number of rotatable bonds is 9. The van der Waals surface area contributed by atoms with Crippen molar-refractivity contribution >= 4 is 41.0 Å². The average Bonchev–Trinajstić information content (AvgIpc) is 3.05. The van der Waals surface area contributed by atoms with Crippen molar-refractivity contribution < 1.29 is 19.1 Å². The van der Waals surface area contributed by atoms with E-state index in [9.17, 15) is 9.59 Å². The zero-order valence-corrected chi connectivity index (χ0v) is 20.1. The summed E-state index contributed by atoms with van der Waals surface area (Å²) in [6.45, 7) is 5.97. The molecule has 0 unspecified atom stereocenters. The molecule has 0 aliphatic carbocycles. The van der Waals surface area contributed by atoms with Crippen LogP contribution < -0.4 is 4.74 Å². The fourth-order valence-electron chi connectivity index (χ4n) is 3.21. The third kappa shape index (κ3) is 6.24. The molecule has 2 aromatic carbocycles. The van der Waals surface area contributed by atoms with Crippen molar-refractivity contribution in [2.24, 2.45) is 0 Å². The van der Waals surface area contributed by atoms with Gasteiger partial charge in [-0.05, 0) is 56.7 Å². The Balaban J connectivity index is 1.70. The van der Waals surface area contributed by atoms with Crippen LogP contribution in [0.5, 0.6) is 5.75 Å². The first-order valence-corrected chi connectivity index (χ1v) is 11.1. The van der Waals surface area contributed by atoms with E-state index in [0.717, 1.165) is 5.56 Å². The molecule has 0 saturated carbocycles. The number of carbonyl (C=O) groups is 2. The van der Waals surface area contributed by atoms with E-state index < -0.39 is 5.97 Å². The molecular weight excluding hydrogens is 463 g/mol. The van der Waals surface area contributed by atoms with Crippen LogP contribution in [0.25, 0.3) is 6.08 Å². The molecule has 0 spiro atoms. The van der Waals surface area contributed by atoms with Crippen molar-refractivity contribution in [3.63, 3.8) is 0 Å². The summed E-state index contributed by atoms with van der Waals surface area (Å²) in [5, 5.41) is 5.47. The number of Topliss-reactive ketones (excluding diaryl/α,β-unsaturated/α-hetero) is 1. The van der Waals surface area contributed by atoms with Gasteiger partial charge in [0.2, 0.25) is 0 Å². The number of ketones is 1. The van der Waals surface area contributed by atoms with E-state index in [4.69, 9.17) is 32.7 Å². The van der Waals surface area contributed by atoms with Crippen LogP contribution in [0.1, 0.15) is 46.6 Å². The van der Waals surface area contributed by atoms with E-state index in [1.807, 2.05) is 32.0 Å². The lowest BCUT2D eigenvalue weighted by Crippen LogP contribution is -2.05. The first kappa shape index (κ1) is 24.6. The highest BCUT2D eigenvalue weighted by molar-refractivity contribution is 6.32. The van der Waals surface area contributed by atoms with Crippen LogP contribution in [0, 0.1) is 6.92 Å². The Bertz CT molecular complexity index is 1200. The lowest BCUT2D eigenvalue weighted by Gasteiger charge is -2.11. The predicted molar refractivity (Wildman–Crippen MR) is 129 cm³/mol. The highest BCUT2D eigenvalue weighted by atomic mass is 35.5. The standard InChI is InChI=1S/C25H24Cl2N2O4/c1-4-32-23-11-9-18(17(3)30)13-20(23)15-33-24(31)12-10-21-16(2)28-29(25(21)27)14-19-7-5-6-8-22(19)26/h5-13H,4,14-15H2,1-3H3. The quantitative estimate of drug-likeness (QED) is 0.213. The zero-order chi connectivity index (χ0) is 24.0. The molecule has 0 aliphatic heterocycles. The first-order chi connectivity index (χ1) is 15.8. The van der Waals surface area contributed by atoms with Crippen LogP contribution in [0.15, 0.2) is 48.5 Å². The van der Waals surface area contributed by atoms with Crippen molar-refractivity contribution in [3.8, 4) is 5.75 Å². The number of aryl methyl sites for hydroxylation is 1. The summed E-state index contributed by atoms with van der Waals surface area (Å²) in [5.41, 5.74) is 3.32. The molecule has 3 aromatic rings. The van der Waals surface area contributed by atoms with Gasteiger partial charge < -0.3 is 9.47 Å². The lowest BCUT2D eigenvalue weighted by molar-refractivity contribution is -0.138. The third-order valence-corrected chi connectivity index (χ3v) is 5.68. The number of carbonyl (C=O) groups excluding carboxylic acids is 2. The molecule has 0 saturated heterocycles. The molecule has 0 amide bonds. The molecule has 0 N–H and O–H groups in total. The Labute approximate surface area is 202 Å². The lowest BCUT2D eigenvalue weighted by atomic mass is 10.1. The second kappa shape index (κ2) is 11.2. The fraction of sp³-hybridized carbons (Fsp3) is 0.240. The number of halogens is 2. The van der Waals surface area contributed by atoms with Crippen molar-refractivity contribution in [2.75, 3.05) is 6.61 Å². The molecule has 8 heteroatoms. The number of benzene rings is 2. The van der Waals surface area contributed by atoms with Crippen LogP contribution in [0.2, 0.25) is 10.2 Å². The molecule has 0 atom stereocenters. The summed E-state index contributed by atoms with van der Waals surface area (Å²) in [7, 11) is 0. The first-order valence-electron chi connectivity index (χ1n) is 10.4. The predicted octanol–water partition coefficient (Wildman–Crippen LogP) is 5.90. The number of ether oxygens (including phenoxy) is 2. The highest BCUT2D eigenvalue weighted by Gasteiger charge is 2.14. The molecule has 172 valence electrons. The van der Waals surface area contributed by atoms with Crippen LogP contribution in [0.4, 0.5) is 0 Å². The summed E-state index contributed by atoms with van der Waals surface area (Å²) in [6.07, 6.45) is 2.87. The Kier molecular flexibility index (Phi) is 8.31. The number of nitrogens with zero attached hydrogens (tertiary/aromatic N) is 2. The van der Waals surface area contributed by atoms with Crippen LogP contribution in [-0.2, 0) is 22.7 Å². The van der Waals surface area contributed by atoms with E-state index in [0.29, 0.717) is 51.5 Å². The Morgan fingerprint density at radius 2 is 1.88 bits per heavy atom. The van der Waals surface area contributed by atoms with E-state index in [1.54, 1.807) is 35.0 Å². The maximum atomic E-state index is 12.3. The topological polar surface area (TPSA) is 70.4 Å². The molecule has 0 radical (unpaired) electrons. The van der Waals surface area contributed by atoms with Crippen LogP contribution in [0.3, 0.4) is 0 Å². The Morgan fingerprint density at radius 3 is 2.58 bits per heavy atom. The van der Waals surface area contributed by atoms with Gasteiger partial charge in [-0.1, -0.05) is 41.4 Å². The smallest absolute Gasteiger partial charge is 0.331 e. The minimum absolute atomic E-state index is 0.0297. The van der Waals surface area contributed by atoms with Gasteiger partial charge in [-0.15, -0.1) is 0 Å². The molecule has 0 bridgehead atoms. The van der Waals surface area contributed by atoms with Gasteiger partial charge in [0.05, 0.1) is 18.8 Å². The second-order valence-electron chi connectivity index (χ2n) is 7.29. The summed E-state index contributed by atoms with van der Waals surface area (Å²) in [5.74, 6) is -0.0662. The zero-order valence-electron chi connectivity index (χ0n) is 18.6. The van der Waals surface area contributed by atoms with Crippen LogP contribution in [-0.4, -0.2) is 28.1 Å². The Morgan fingerprint density at radius 1 is 1.12 bits per heavy atom. The molecule has 0 aliphatic rings. The number of aromatic nitrogens is 2. The third-order valence-electron chi connectivity index (χ3n) is 4.91. The highest BCUT2D eigenvalue weighted by Crippen LogP contribution is 2.25. The molecular formula is C25H24Cl2N2O4. The van der Waals surface area contributed by atoms with Gasteiger partial charge in [-0.3, -0.25) is 4.79 Å². The summed E-state index contributed by atoms with van der Waals surface area (Å²) in [6, 6.07) is 12.5. The van der Waals surface area contributed by atoms with Gasteiger partial charge in [0.15, 0.2) is 5.78 Å². The Hall–Kier alpha value is -3.09. The minimum Gasteiger partial charge on any atom is -0.493 e. The molecule has 1 aromatic heterocycles. The second-order valence-corrected chi connectivity index (χ2v) is 8.06. The molecule has 1 heterocycles. The number of hydrogen-bond acceptors (Lipinski definition) is 5. The van der Waals surface area contributed by atoms with Crippen LogP contribution >= 0.6 is 23.2 Å². The van der Waals surface area contributed by atoms with Gasteiger partial charge in [0.1, 0.15) is 17.5 Å². The van der Waals surface area contributed by atoms with Gasteiger partial charge in [0, 0.05) is 27.8 Å². The van der Waals surface area contributed by atoms with E-state index >= 15 is 0 Å². The van der Waals surface area contributed by atoms with E-state index in [-0.39, 0.29) is 12.4 Å². The van der Waals surface area contributed by atoms with Crippen molar-refractivity contribution in [1.29, 1.82) is 0 Å². The van der Waals surface area contributed by atoms with Crippen molar-refractivity contribution in [3.05, 3.63) is 86.7 Å². The molecule has 3 rings (SSSR count). The van der Waals surface area contributed by atoms with Crippen molar-refractivity contribution in [2.45, 2.75) is 33.9 Å². The normalized spacial score (nSPS) is 11.1. The maximum absolute atomic E-state index is 12.3. The minimum atomic E-state index is -0.556. The fourth-order valence-corrected chi connectivity index (χ4v) is 3.70. The average molecular weight is 487 g/mol. The summed E-state index contributed by atoms with van der Waals surface area (Å²) in [4.78, 5) is 24.0. The molecule has 0 fully saturated rings. The van der Waals surface area contributed by atoms with Gasteiger partial charge in [-0.25, -0.2) is 9.48 Å². The summed E-state index contributed by atoms with van der Waals surface area (Å²) < 4.78 is 12.6. The van der Waals surface area contributed by atoms with E-state index in [2.05, 4.69) is 5.10 Å². The number of hydrogen-bond donors (Lipinski definition) is 0. The summed E-state index contributed by atoms with van der Waals surface area (Å²) >= 11 is 12.7. The maximum Gasteiger partial charge on any atom is 0.331 e. The van der Waals surface area contributed by atoms with Gasteiger partial charge in [-0.2, -0.15) is 5.10 Å². The van der Waals surface area contributed by atoms with Crippen molar-refractivity contribution in [1.82, 2.24) is 9.78 Å². The van der Waals surface area contributed by atoms with E-state index in [1.165, 1.54) is 13.0 Å².